The van der Waals surface area contributed by atoms with Gasteiger partial charge in [-0.3, -0.25) is 14.4 Å². The maximum Gasteiger partial charge on any atom is 0.254 e. The van der Waals surface area contributed by atoms with E-state index in [1.165, 1.54) is 0 Å². The molecule has 1 unspecified atom stereocenters. The summed E-state index contributed by atoms with van der Waals surface area (Å²) in [6.07, 6.45) is 0.348. The van der Waals surface area contributed by atoms with Gasteiger partial charge in [0.1, 0.15) is 6.04 Å². The lowest BCUT2D eigenvalue weighted by Crippen LogP contribution is -2.42. The molecule has 6 nitrogen and oxygen atoms in total. The van der Waals surface area contributed by atoms with Crippen LogP contribution >= 0.6 is 11.6 Å². The molecule has 3 amide bonds. The van der Waals surface area contributed by atoms with Gasteiger partial charge in [-0.2, -0.15) is 0 Å². The molecule has 0 spiro atoms. The highest BCUT2D eigenvalue weighted by molar-refractivity contribution is 6.30. The van der Waals surface area contributed by atoms with Crippen molar-refractivity contribution in [2.24, 2.45) is 0 Å². The molecule has 0 saturated heterocycles. The van der Waals surface area contributed by atoms with Crippen LogP contribution in [0.15, 0.2) is 48.5 Å². The number of hydrogen-bond acceptors (Lipinski definition) is 3. The van der Waals surface area contributed by atoms with Gasteiger partial charge in [0.2, 0.25) is 11.8 Å². The zero-order valence-corrected chi connectivity index (χ0v) is 14.7. The number of fused-ring (bicyclic) bond motifs is 1. The Hall–Kier alpha value is -2.86. The summed E-state index contributed by atoms with van der Waals surface area (Å²) in [5.41, 5.74) is 1.82. The molecule has 0 aromatic heterocycles. The van der Waals surface area contributed by atoms with Crippen LogP contribution in [0.2, 0.25) is 5.02 Å². The van der Waals surface area contributed by atoms with Gasteiger partial charge in [0.15, 0.2) is 0 Å². The van der Waals surface area contributed by atoms with Gasteiger partial charge in [0.05, 0.1) is 11.3 Å². The van der Waals surface area contributed by atoms with E-state index < -0.39 is 6.04 Å². The summed E-state index contributed by atoms with van der Waals surface area (Å²) < 4.78 is 0. The lowest BCUT2D eigenvalue weighted by molar-refractivity contribution is -0.122. The van der Waals surface area contributed by atoms with Crippen molar-refractivity contribution in [3.05, 3.63) is 64.7 Å². The third-order valence-electron chi connectivity index (χ3n) is 4.11. The Morgan fingerprint density at radius 1 is 1.08 bits per heavy atom. The molecule has 26 heavy (non-hydrogen) atoms. The van der Waals surface area contributed by atoms with E-state index in [0.717, 1.165) is 5.56 Å². The van der Waals surface area contributed by atoms with Gasteiger partial charge >= 0.3 is 0 Å². The second-order valence-electron chi connectivity index (χ2n) is 6.00. The monoisotopic (exact) mass is 371 g/mol. The molecule has 0 saturated carbocycles. The minimum atomic E-state index is -0.754. The molecule has 1 heterocycles. The molecule has 3 N–H and O–H groups in total. The predicted molar refractivity (Wildman–Crippen MR) is 98.9 cm³/mol. The number of carbonyl (C=O) groups is 3. The van der Waals surface area contributed by atoms with Gasteiger partial charge in [-0.25, -0.2) is 0 Å². The summed E-state index contributed by atoms with van der Waals surface area (Å²) in [6, 6.07) is 13.2. The van der Waals surface area contributed by atoms with Gasteiger partial charge in [0.25, 0.3) is 5.91 Å². The summed E-state index contributed by atoms with van der Waals surface area (Å²) in [7, 11) is 0. The summed E-state index contributed by atoms with van der Waals surface area (Å²) in [5, 5.41) is 8.82. The van der Waals surface area contributed by atoms with Crippen LogP contribution in [-0.2, 0) is 16.1 Å². The van der Waals surface area contributed by atoms with Gasteiger partial charge in [-0.05, 0) is 36.2 Å². The van der Waals surface area contributed by atoms with Crippen LogP contribution in [0.25, 0.3) is 0 Å². The van der Waals surface area contributed by atoms with Gasteiger partial charge in [0, 0.05) is 18.0 Å². The van der Waals surface area contributed by atoms with Crippen molar-refractivity contribution >= 4 is 35.0 Å². The topological polar surface area (TPSA) is 87.3 Å². The van der Waals surface area contributed by atoms with Gasteiger partial charge in [-0.1, -0.05) is 35.9 Å². The van der Waals surface area contributed by atoms with Crippen LogP contribution in [0.3, 0.4) is 0 Å². The smallest absolute Gasteiger partial charge is 0.254 e. The van der Waals surface area contributed by atoms with Gasteiger partial charge in [-0.15, -0.1) is 0 Å². The second-order valence-corrected chi connectivity index (χ2v) is 6.44. The van der Waals surface area contributed by atoms with Crippen LogP contribution in [0.4, 0.5) is 5.69 Å². The maximum absolute atomic E-state index is 12.3. The van der Waals surface area contributed by atoms with E-state index in [9.17, 15) is 14.4 Å². The summed E-state index contributed by atoms with van der Waals surface area (Å²) in [5.74, 6) is -0.844. The Balaban J connectivity index is 1.52. The van der Waals surface area contributed by atoms with E-state index >= 15 is 0 Å². The normalized spacial score (nSPS) is 16.1. The standard InChI is InChI=1S/C19H18ClN3O3/c20-13-7-5-12(6-8-13)11-21-17(24)10-9-16-19(26)22-15-4-2-1-3-14(15)18(25)23-16/h1-8,16H,9-11H2,(H,21,24)(H,22,26)(H,23,25). The number of nitrogens with one attached hydrogen (secondary N) is 3. The van der Waals surface area contributed by atoms with Crippen molar-refractivity contribution in [2.75, 3.05) is 5.32 Å². The first-order valence-electron chi connectivity index (χ1n) is 8.25. The fourth-order valence-electron chi connectivity index (χ4n) is 2.68. The highest BCUT2D eigenvalue weighted by Gasteiger charge is 2.27. The predicted octanol–water partition coefficient (Wildman–Crippen LogP) is 2.49. The number of rotatable bonds is 5. The molecule has 0 bridgehead atoms. The van der Waals surface area contributed by atoms with Crippen molar-refractivity contribution in [3.63, 3.8) is 0 Å². The first kappa shape index (κ1) is 17.9. The molecule has 1 aliphatic rings. The number of carbonyl (C=O) groups excluding carboxylic acids is 3. The Bertz CT molecular complexity index is 836. The Morgan fingerprint density at radius 2 is 1.81 bits per heavy atom. The van der Waals surface area contributed by atoms with E-state index in [1.807, 2.05) is 12.1 Å². The van der Waals surface area contributed by atoms with Crippen molar-refractivity contribution in [1.82, 2.24) is 10.6 Å². The zero-order valence-electron chi connectivity index (χ0n) is 13.9. The Labute approximate surface area is 155 Å². The summed E-state index contributed by atoms with van der Waals surface area (Å²) >= 11 is 5.82. The van der Waals surface area contributed by atoms with Crippen molar-refractivity contribution in [2.45, 2.75) is 25.4 Å². The molecule has 2 aromatic rings. The first-order valence-corrected chi connectivity index (χ1v) is 8.62. The minimum Gasteiger partial charge on any atom is -0.352 e. The fourth-order valence-corrected chi connectivity index (χ4v) is 2.81. The minimum absolute atomic E-state index is 0.127. The number of hydrogen-bond donors (Lipinski definition) is 3. The SMILES string of the molecule is O=C(CCC1NC(=O)c2ccccc2NC1=O)NCc1ccc(Cl)cc1. The van der Waals surface area contributed by atoms with E-state index in [2.05, 4.69) is 16.0 Å². The molecule has 1 atom stereocenters. The van der Waals surface area contributed by atoms with Crippen molar-refractivity contribution in [1.29, 1.82) is 0 Å². The Morgan fingerprint density at radius 3 is 2.58 bits per heavy atom. The molecule has 0 aliphatic carbocycles. The lowest BCUT2D eigenvalue weighted by atomic mass is 10.1. The average Bonchev–Trinajstić information content (AvgIpc) is 2.76. The molecule has 0 fully saturated rings. The fraction of sp³-hybridized carbons (Fsp3) is 0.211. The maximum atomic E-state index is 12.3. The highest BCUT2D eigenvalue weighted by Crippen LogP contribution is 2.19. The summed E-state index contributed by atoms with van der Waals surface area (Å²) in [4.78, 5) is 36.5. The van der Waals surface area contributed by atoms with E-state index in [1.54, 1.807) is 36.4 Å². The molecule has 1 aliphatic heterocycles. The van der Waals surface area contributed by atoms with Crippen molar-refractivity contribution in [3.8, 4) is 0 Å². The quantitative estimate of drug-likeness (QED) is 0.754. The number of halogens is 1. The number of anilines is 1. The zero-order chi connectivity index (χ0) is 18.5. The van der Waals surface area contributed by atoms with Crippen LogP contribution in [-0.4, -0.2) is 23.8 Å². The highest BCUT2D eigenvalue weighted by atomic mass is 35.5. The lowest BCUT2D eigenvalue weighted by Gasteiger charge is -2.14. The van der Waals surface area contributed by atoms with E-state index in [4.69, 9.17) is 11.6 Å². The number of benzene rings is 2. The van der Waals surface area contributed by atoms with E-state index in [0.29, 0.717) is 22.8 Å². The summed E-state index contributed by atoms with van der Waals surface area (Å²) in [6.45, 7) is 0.380. The van der Waals surface area contributed by atoms with Gasteiger partial charge < -0.3 is 16.0 Å². The van der Waals surface area contributed by atoms with Crippen LogP contribution in [0.1, 0.15) is 28.8 Å². The molecule has 2 aromatic carbocycles. The van der Waals surface area contributed by atoms with E-state index in [-0.39, 0.29) is 30.6 Å². The third kappa shape index (κ3) is 4.40. The Kier molecular flexibility index (Phi) is 5.53. The first-order chi connectivity index (χ1) is 12.5. The van der Waals surface area contributed by atoms with Crippen LogP contribution in [0, 0.1) is 0 Å². The number of amides is 3. The second kappa shape index (κ2) is 8.01. The molecule has 134 valence electrons. The molecular formula is C19H18ClN3O3. The van der Waals surface area contributed by atoms with Crippen molar-refractivity contribution < 1.29 is 14.4 Å². The average molecular weight is 372 g/mol. The van der Waals surface area contributed by atoms with Crippen LogP contribution < -0.4 is 16.0 Å². The largest absolute Gasteiger partial charge is 0.352 e. The molecule has 3 rings (SSSR count). The number of para-hydroxylation sites is 1. The molecule has 7 heteroatoms. The molecule has 0 radical (unpaired) electrons. The van der Waals surface area contributed by atoms with Crippen LogP contribution in [0.5, 0.6) is 0 Å². The molecular weight excluding hydrogens is 354 g/mol. The third-order valence-corrected chi connectivity index (χ3v) is 4.37.